The Hall–Kier alpha value is 2.92. The van der Waals surface area contributed by atoms with E-state index in [1.165, 1.54) is 0 Å². The predicted molar refractivity (Wildman–Crippen MR) is 64.5 cm³/mol. The molecule has 12 heavy (non-hydrogen) atoms. The maximum Gasteiger partial charge on any atom is 0.605 e. The molecule has 0 aliphatic rings. The Morgan fingerprint density at radius 3 is 1.17 bits per heavy atom. The zero-order valence-corrected chi connectivity index (χ0v) is 13.7. The quantitative estimate of drug-likeness (QED) is 0.594. The van der Waals surface area contributed by atoms with Crippen LogP contribution in [0, 0.1) is 0 Å². The second-order valence-electron chi connectivity index (χ2n) is 1.65. The normalized spacial score (nSPS) is 13.2. The van der Waals surface area contributed by atoms with Crippen molar-refractivity contribution in [3.63, 3.8) is 0 Å². The van der Waals surface area contributed by atoms with Crippen molar-refractivity contribution < 1.29 is 0 Å². The molecule has 2 N–H and O–H groups in total. The second-order valence-corrected chi connectivity index (χ2v) is 21.7. The molecular weight excluding hydrogens is 359 g/mol. The predicted octanol–water partition coefficient (Wildman–Crippen LogP) is 2.69. The van der Waals surface area contributed by atoms with Gasteiger partial charge in [0, 0.05) is 0 Å². The van der Waals surface area contributed by atoms with Gasteiger partial charge in [0.1, 0.15) is 0 Å². The molecule has 0 aromatic carbocycles. The molecule has 72 valence electrons. The van der Waals surface area contributed by atoms with E-state index in [1.807, 2.05) is 0 Å². The molecule has 0 atom stereocenters. The Kier molecular flexibility index (Phi) is 7.28. The van der Waals surface area contributed by atoms with Gasteiger partial charge in [0.15, 0.2) is 0 Å². The van der Waals surface area contributed by atoms with E-state index in [0.29, 0.717) is 0 Å². The Labute approximate surface area is 109 Å². The van der Waals surface area contributed by atoms with Gasteiger partial charge in [-0.2, -0.15) is 0 Å². The molecule has 12 heteroatoms. The smallest absolute Gasteiger partial charge is 0.358 e. The number of halogens is 7. The summed E-state index contributed by atoms with van der Waals surface area (Å²) in [6.45, 7) is 0. The first-order chi connectivity index (χ1) is 5.10. The van der Waals surface area contributed by atoms with E-state index in [4.69, 9.17) is 76.5 Å². The Morgan fingerprint density at radius 2 is 1.00 bits per heavy atom. The number of hydrogen-bond donors (Lipinski definition) is 2. The third-order valence-electron chi connectivity index (χ3n) is 0.581. The number of nitrogens with one attached hydrogen (secondary N) is 2. The molecule has 0 rings (SSSR count). The average molecular weight is 361 g/mol. The van der Waals surface area contributed by atoms with Crippen molar-refractivity contribution in [1.82, 2.24) is 7.93 Å². The van der Waals surface area contributed by atoms with Crippen LogP contribution in [0.4, 0.5) is 0 Å². The fourth-order valence-corrected chi connectivity index (χ4v) is 15.4. The maximum absolute atomic E-state index is 5.73. The van der Waals surface area contributed by atoms with Crippen molar-refractivity contribution >= 4 is 103 Å². The van der Waals surface area contributed by atoms with Gasteiger partial charge < -0.3 is 7.93 Å². The maximum atomic E-state index is 5.73. The molecule has 0 heterocycles. The van der Waals surface area contributed by atoms with Crippen LogP contribution in [0.1, 0.15) is 0 Å². The lowest BCUT2D eigenvalue weighted by Gasteiger charge is -2.16. The van der Waals surface area contributed by atoms with Crippen LogP contribution in [0.15, 0.2) is 0 Å². The van der Waals surface area contributed by atoms with Crippen LogP contribution in [0.3, 0.4) is 0 Å². The largest absolute Gasteiger partial charge is 0.605 e. The molecule has 0 fully saturated rings. The lowest BCUT2D eigenvalue weighted by atomic mass is 13.8. The number of rotatable bonds is 4. The van der Waals surface area contributed by atoms with Crippen LogP contribution in [0.5, 0.6) is 0 Å². The average Bonchev–Trinajstić information content (AvgIpc) is 1.49. The van der Waals surface area contributed by atoms with Crippen LogP contribution >= 0.6 is 76.5 Å². The molecule has 0 aromatic rings. The van der Waals surface area contributed by atoms with Gasteiger partial charge in [0.2, 0.25) is 0 Å². The van der Waals surface area contributed by atoms with Crippen molar-refractivity contribution in [2.75, 3.05) is 0 Å². The zero-order chi connectivity index (χ0) is 9.99. The Morgan fingerprint density at radius 1 is 0.750 bits per heavy atom. The van der Waals surface area contributed by atoms with Gasteiger partial charge in [-0.25, -0.2) is 10.0 Å². The minimum absolute atomic E-state index is 2.15. The van der Waals surface area contributed by atoms with Crippen molar-refractivity contribution in [3.05, 3.63) is 0 Å². The van der Waals surface area contributed by atoms with Crippen molar-refractivity contribution in [1.29, 1.82) is 0 Å². The van der Waals surface area contributed by atoms with Gasteiger partial charge >= 0.3 is 26.0 Å². The molecule has 0 saturated heterocycles. The van der Waals surface area contributed by atoms with Crippen LogP contribution in [-0.2, 0) is 0 Å². The molecule has 0 radical (unpaired) electrons. The van der Waals surface area contributed by atoms with E-state index in [1.54, 1.807) is 0 Å². The highest BCUT2D eigenvalue weighted by Crippen LogP contribution is 2.19. The topological polar surface area (TPSA) is 24.1 Å². The summed E-state index contributed by atoms with van der Waals surface area (Å²) in [4.78, 5) is 0. The molecule has 0 aliphatic heterocycles. The first-order valence-corrected chi connectivity index (χ1v) is 15.4. The molecule has 0 aromatic heterocycles. The highest BCUT2D eigenvalue weighted by molar-refractivity contribution is 7.67. The van der Waals surface area contributed by atoms with Gasteiger partial charge in [-0.15, -0.1) is 66.5 Å². The summed E-state index contributed by atoms with van der Waals surface area (Å²) < 4.78 is 5.17. The Bertz CT molecular complexity index is 123. The summed E-state index contributed by atoms with van der Waals surface area (Å²) in [5, 5.41) is 0. The van der Waals surface area contributed by atoms with Gasteiger partial charge in [0.25, 0.3) is 0 Å². The van der Waals surface area contributed by atoms with E-state index < -0.39 is 26.0 Å². The van der Waals surface area contributed by atoms with E-state index in [-0.39, 0.29) is 0 Å². The van der Waals surface area contributed by atoms with Crippen LogP contribution < -0.4 is 7.93 Å². The van der Waals surface area contributed by atoms with E-state index in [2.05, 4.69) is 7.93 Å². The van der Waals surface area contributed by atoms with Crippen molar-refractivity contribution in [2.45, 2.75) is 0 Å². The zero-order valence-electron chi connectivity index (χ0n) is 5.22. The van der Waals surface area contributed by atoms with Crippen LogP contribution in [-0.4, -0.2) is 26.0 Å². The van der Waals surface area contributed by atoms with Crippen LogP contribution in [0.2, 0.25) is 0 Å². The molecule has 0 bridgehead atoms. The highest BCUT2D eigenvalue weighted by Gasteiger charge is 2.39. The summed E-state index contributed by atoms with van der Waals surface area (Å²) in [5.74, 6) is 0. The van der Waals surface area contributed by atoms with Gasteiger partial charge in [-0.05, 0) is 0 Å². The minimum Gasteiger partial charge on any atom is -0.358 e. The molecule has 0 spiro atoms. The summed E-state index contributed by atoms with van der Waals surface area (Å²) >= 11 is 30.9. The molecule has 2 nitrogen and oxygen atoms in total. The fraction of sp³-hybridized carbons (Fsp3) is 0. The molecular formula is H2AlCl7N2Si2. The van der Waals surface area contributed by atoms with Gasteiger partial charge in [-0.3, -0.25) is 0 Å². The van der Waals surface area contributed by atoms with Crippen molar-refractivity contribution in [3.8, 4) is 0 Å². The van der Waals surface area contributed by atoms with E-state index in [0.717, 1.165) is 0 Å². The molecule has 0 aliphatic carbocycles. The SMILES string of the molecule is [Cl][Al]([NH][Si](Cl)(Cl)Cl)[NH][Si](Cl)(Cl)Cl. The molecule has 0 unspecified atom stereocenters. The standard InChI is InChI=1S/Al.2Cl3HNSi.ClH/c;2*1-5(2,3)4;/h;2*4H;1H/q+3;2*-1;/p-1. The fourth-order valence-electron chi connectivity index (χ4n) is 0.323. The second kappa shape index (κ2) is 5.85. The first kappa shape index (κ1) is 14.9. The van der Waals surface area contributed by atoms with Gasteiger partial charge in [0.05, 0.1) is 0 Å². The highest BCUT2D eigenvalue weighted by atomic mass is 35.8. The van der Waals surface area contributed by atoms with Gasteiger partial charge in [-0.1, -0.05) is 0 Å². The lowest BCUT2D eigenvalue weighted by Crippen LogP contribution is -2.56. The lowest BCUT2D eigenvalue weighted by molar-refractivity contribution is 1.42. The Balaban J connectivity index is 3.83. The van der Waals surface area contributed by atoms with E-state index in [9.17, 15) is 0 Å². The first-order valence-electron chi connectivity index (χ1n) is 2.43. The van der Waals surface area contributed by atoms with Crippen molar-refractivity contribution in [2.24, 2.45) is 0 Å². The molecule has 0 amide bonds. The third kappa shape index (κ3) is 11.0. The van der Waals surface area contributed by atoms with E-state index >= 15 is 0 Å². The summed E-state index contributed by atoms with van der Waals surface area (Å²) in [6, 6.07) is 0. The minimum atomic E-state index is -2.94. The summed E-state index contributed by atoms with van der Waals surface area (Å²) in [5.41, 5.74) is 0. The molecule has 0 saturated carbocycles. The monoisotopic (exact) mass is 358 g/mol. The summed E-state index contributed by atoms with van der Waals surface area (Å²) in [6.07, 6.45) is -5.88. The van der Waals surface area contributed by atoms with Crippen LogP contribution in [0.25, 0.3) is 0 Å². The summed E-state index contributed by atoms with van der Waals surface area (Å²) in [7, 11) is 5.73. The third-order valence-corrected chi connectivity index (χ3v) is 13.1. The number of hydrogen-bond acceptors (Lipinski definition) is 2.